The molecule has 0 bridgehead atoms. The lowest BCUT2D eigenvalue weighted by atomic mass is 10.3. The molecule has 2 rings (SSSR count). The third-order valence-electron chi connectivity index (χ3n) is 1.60. The van der Waals surface area contributed by atoms with Crippen molar-refractivity contribution in [3.8, 4) is 0 Å². The zero-order chi connectivity index (χ0) is 7.84. The van der Waals surface area contributed by atoms with E-state index in [0.29, 0.717) is 5.95 Å². The van der Waals surface area contributed by atoms with Gasteiger partial charge in [0.1, 0.15) is 5.52 Å². The molecule has 2 heterocycles. The van der Waals surface area contributed by atoms with Crippen molar-refractivity contribution in [3.05, 3.63) is 17.8 Å². The normalized spacial score (nSPS) is 10.6. The lowest BCUT2D eigenvalue weighted by molar-refractivity contribution is 1.31. The van der Waals surface area contributed by atoms with Gasteiger partial charge in [0.05, 0.1) is 0 Å². The average molecular weight is 148 g/mol. The monoisotopic (exact) mass is 148 g/mol. The Kier molecular flexibility index (Phi) is 1.09. The van der Waals surface area contributed by atoms with Gasteiger partial charge in [0.2, 0.25) is 0 Å². The van der Waals surface area contributed by atoms with Gasteiger partial charge in [-0.25, -0.2) is 9.97 Å². The number of aromatic amines is 1. The van der Waals surface area contributed by atoms with Crippen molar-refractivity contribution in [2.75, 3.05) is 5.73 Å². The summed E-state index contributed by atoms with van der Waals surface area (Å²) in [6.07, 6.45) is 1.73. The molecule has 0 aromatic carbocycles. The Morgan fingerprint density at radius 3 is 3.09 bits per heavy atom. The Bertz CT molecular complexity index is 390. The van der Waals surface area contributed by atoms with Gasteiger partial charge in [0.25, 0.3) is 0 Å². The topological polar surface area (TPSA) is 67.6 Å². The second-order valence-electron chi connectivity index (χ2n) is 2.45. The fourth-order valence-electron chi connectivity index (χ4n) is 1.05. The Morgan fingerprint density at radius 2 is 2.36 bits per heavy atom. The Labute approximate surface area is 63.5 Å². The number of nitrogens with one attached hydrogen (secondary N) is 1. The molecule has 2 aromatic heterocycles. The van der Waals surface area contributed by atoms with E-state index in [9.17, 15) is 0 Å². The second-order valence-corrected chi connectivity index (χ2v) is 2.45. The van der Waals surface area contributed by atoms with Crippen LogP contribution in [0.2, 0.25) is 0 Å². The van der Waals surface area contributed by atoms with Crippen LogP contribution < -0.4 is 5.73 Å². The van der Waals surface area contributed by atoms with Crippen molar-refractivity contribution >= 4 is 17.1 Å². The van der Waals surface area contributed by atoms with E-state index in [-0.39, 0.29) is 0 Å². The molecule has 0 unspecified atom stereocenters. The largest absolute Gasteiger partial charge is 0.369 e. The van der Waals surface area contributed by atoms with E-state index in [1.54, 1.807) is 6.20 Å². The van der Waals surface area contributed by atoms with Crippen molar-refractivity contribution in [3.63, 3.8) is 0 Å². The van der Waals surface area contributed by atoms with Crippen LogP contribution in [0.15, 0.2) is 12.3 Å². The van der Waals surface area contributed by atoms with Crippen LogP contribution in [-0.4, -0.2) is 15.0 Å². The highest BCUT2D eigenvalue weighted by molar-refractivity contribution is 5.76. The van der Waals surface area contributed by atoms with E-state index in [4.69, 9.17) is 5.73 Å². The lowest BCUT2D eigenvalue weighted by Gasteiger charge is -1.89. The number of hydrogen-bond donors (Lipinski definition) is 2. The van der Waals surface area contributed by atoms with E-state index >= 15 is 0 Å². The van der Waals surface area contributed by atoms with Gasteiger partial charge in [0, 0.05) is 6.20 Å². The summed E-state index contributed by atoms with van der Waals surface area (Å²) in [5.41, 5.74) is 8.14. The average Bonchev–Trinajstić information content (AvgIpc) is 2.31. The summed E-state index contributed by atoms with van der Waals surface area (Å²) in [5.74, 6) is 0.418. The second kappa shape index (κ2) is 1.95. The van der Waals surface area contributed by atoms with Crippen molar-refractivity contribution in [2.24, 2.45) is 0 Å². The van der Waals surface area contributed by atoms with Crippen LogP contribution in [0, 0.1) is 6.92 Å². The molecule has 0 radical (unpaired) electrons. The summed E-state index contributed by atoms with van der Waals surface area (Å²) >= 11 is 0. The van der Waals surface area contributed by atoms with Gasteiger partial charge in [-0.1, -0.05) is 0 Å². The number of imidazole rings is 1. The summed E-state index contributed by atoms with van der Waals surface area (Å²) < 4.78 is 0. The molecule has 0 saturated carbocycles. The third-order valence-corrected chi connectivity index (χ3v) is 1.60. The number of nitrogens with two attached hydrogens (primary N) is 1. The fraction of sp³-hybridized carbons (Fsp3) is 0.143. The van der Waals surface area contributed by atoms with Gasteiger partial charge in [-0.05, 0) is 18.6 Å². The minimum Gasteiger partial charge on any atom is -0.369 e. The minimum atomic E-state index is 0.418. The highest BCUT2D eigenvalue weighted by Gasteiger charge is 2.01. The van der Waals surface area contributed by atoms with Crippen LogP contribution in [-0.2, 0) is 0 Å². The molecule has 0 aliphatic carbocycles. The Hall–Kier alpha value is -1.58. The molecular formula is C7H8N4. The van der Waals surface area contributed by atoms with Gasteiger partial charge in [-0.3, -0.25) is 0 Å². The summed E-state index contributed by atoms with van der Waals surface area (Å²) in [6.45, 7) is 1.98. The highest BCUT2D eigenvalue weighted by Crippen LogP contribution is 2.12. The van der Waals surface area contributed by atoms with Crippen LogP contribution in [0.4, 0.5) is 5.95 Å². The van der Waals surface area contributed by atoms with E-state index in [1.807, 2.05) is 13.0 Å². The van der Waals surface area contributed by atoms with E-state index in [2.05, 4.69) is 15.0 Å². The highest BCUT2D eigenvalue weighted by atomic mass is 15.1. The molecule has 0 amide bonds. The first-order valence-electron chi connectivity index (χ1n) is 3.34. The number of fused-ring (bicyclic) bond motifs is 1. The Balaban J connectivity index is 2.90. The molecule has 0 aliphatic rings. The van der Waals surface area contributed by atoms with E-state index < -0.39 is 0 Å². The molecule has 0 saturated heterocycles. The Morgan fingerprint density at radius 1 is 1.55 bits per heavy atom. The van der Waals surface area contributed by atoms with Gasteiger partial charge in [-0.2, -0.15) is 0 Å². The standard InChI is InChI=1S/C7H8N4/c1-4-2-3-9-6-5(4)10-7(8)11-6/h2-3H,1H3,(H3,8,9,10,11). The molecule has 2 aromatic rings. The predicted molar refractivity (Wildman–Crippen MR) is 43.0 cm³/mol. The number of anilines is 1. The summed E-state index contributed by atoms with van der Waals surface area (Å²) in [4.78, 5) is 11.0. The van der Waals surface area contributed by atoms with Gasteiger partial charge < -0.3 is 10.7 Å². The molecule has 11 heavy (non-hydrogen) atoms. The molecule has 0 fully saturated rings. The zero-order valence-electron chi connectivity index (χ0n) is 6.13. The number of aromatic nitrogens is 3. The van der Waals surface area contributed by atoms with Crippen LogP contribution in [0.25, 0.3) is 11.2 Å². The van der Waals surface area contributed by atoms with Gasteiger partial charge in [0.15, 0.2) is 11.6 Å². The maximum absolute atomic E-state index is 5.45. The van der Waals surface area contributed by atoms with Crippen LogP contribution in [0.3, 0.4) is 0 Å². The van der Waals surface area contributed by atoms with Crippen molar-refractivity contribution < 1.29 is 0 Å². The van der Waals surface area contributed by atoms with Crippen LogP contribution >= 0.6 is 0 Å². The smallest absolute Gasteiger partial charge is 0.199 e. The quantitative estimate of drug-likeness (QED) is 0.582. The number of rotatable bonds is 0. The van der Waals surface area contributed by atoms with E-state index in [1.165, 1.54) is 0 Å². The van der Waals surface area contributed by atoms with Crippen molar-refractivity contribution in [1.82, 2.24) is 15.0 Å². The van der Waals surface area contributed by atoms with Gasteiger partial charge >= 0.3 is 0 Å². The number of hydrogen-bond acceptors (Lipinski definition) is 3. The van der Waals surface area contributed by atoms with Crippen molar-refractivity contribution in [1.29, 1.82) is 0 Å². The first-order chi connectivity index (χ1) is 5.27. The van der Waals surface area contributed by atoms with Gasteiger partial charge in [-0.15, -0.1) is 0 Å². The van der Waals surface area contributed by atoms with Crippen LogP contribution in [0.1, 0.15) is 5.56 Å². The molecule has 0 aliphatic heterocycles. The predicted octanol–water partition coefficient (Wildman–Crippen LogP) is 0.849. The molecule has 56 valence electrons. The first-order valence-corrected chi connectivity index (χ1v) is 3.34. The number of nitrogen functional groups attached to an aromatic ring is 1. The van der Waals surface area contributed by atoms with Crippen LogP contribution in [0.5, 0.6) is 0 Å². The molecule has 4 heteroatoms. The SMILES string of the molecule is Cc1ccnc2[nH]c(N)nc12. The maximum Gasteiger partial charge on any atom is 0.199 e. The molecular weight excluding hydrogens is 140 g/mol. The fourth-order valence-corrected chi connectivity index (χ4v) is 1.05. The molecule has 0 atom stereocenters. The lowest BCUT2D eigenvalue weighted by Crippen LogP contribution is -1.84. The first kappa shape index (κ1) is 6.15. The van der Waals surface area contributed by atoms with Crippen molar-refractivity contribution in [2.45, 2.75) is 6.92 Å². The van der Waals surface area contributed by atoms with E-state index in [0.717, 1.165) is 16.7 Å². The maximum atomic E-state index is 5.45. The summed E-state index contributed by atoms with van der Waals surface area (Å²) in [5, 5.41) is 0. The third kappa shape index (κ3) is 0.832. The minimum absolute atomic E-state index is 0.418. The number of pyridine rings is 1. The molecule has 3 N–H and O–H groups in total. The summed E-state index contributed by atoms with van der Waals surface area (Å²) in [6, 6.07) is 1.91. The number of H-pyrrole nitrogens is 1. The molecule has 4 nitrogen and oxygen atoms in total. The zero-order valence-corrected chi connectivity index (χ0v) is 6.13. The molecule has 0 spiro atoms. The number of aryl methyl sites for hydroxylation is 1. The summed E-state index contributed by atoms with van der Waals surface area (Å²) in [7, 11) is 0. The number of nitrogens with zero attached hydrogens (tertiary/aromatic N) is 2.